The number of amides is 1. The molecule has 2 rings (SSSR count). The van der Waals surface area contributed by atoms with Crippen LogP contribution in [0, 0.1) is 0 Å². The summed E-state index contributed by atoms with van der Waals surface area (Å²) < 4.78 is 2.22. The van der Waals surface area contributed by atoms with E-state index in [-0.39, 0.29) is 5.91 Å². The molecule has 0 aliphatic heterocycles. The van der Waals surface area contributed by atoms with Gasteiger partial charge in [0.25, 0.3) is 0 Å². The van der Waals surface area contributed by atoms with Gasteiger partial charge in [0.15, 0.2) is 11.0 Å². The molecule has 0 unspecified atom stereocenters. The number of hydrogen-bond acceptors (Lipinski definition) is 4. The fourth-order valence-corrected chi connectivity index (χ4v) is 4.52. The van der Waals surface area contributed by atoms with Crippen molar-refractivity contribution in [2.24, 2.45) is 0 Å². The SMILES string of the molecule is CCCCn1c(SCC(=O)Nc2c(CC)cccc2CC)nnc1[C@H](CC)[NH+](C)C. The number of nitrogens with one attached hydrogen (secondary N) is 2. The molecule has 0 radical (unpaired) electrons. The smallest absolute Gasteiger partial charge is 0.234 e. The number of unbranched alkanes of at least 4 members (excludes halogenated alkanes) is 1. The molecule has 0 bridgehead atoms. The van der Waals surface area contributed by atoms with Gasteiger partial charge in [0.1, 0.15) is 6.04 Å². The van der Waals surface area contributed by atoms with Crippen LogP contribution in [0.15, 0.2) is 23.4 Å². The first-order valence-corrected chi connectivity index (χ1v) is 12.2. The number of benzene rings is 1. The number of aromatic nitrogens is 3. The topological polar surface area (TPSA) is 64.2 Å². The van der Waals surface area contributed by atoms with E-state index in [4.69, 9.17) is 0 Å². The van der Waals surface area contributed by atoms with Gasteiger partial charge in [-0.15, -0.1) is 10.2 Å². The lowest BCUT2D eigenvalue weighted by atomic mass is 10.0. The standard InChI is InChI=1S/C23H37N5OS/c1-7-11-15-28-22(19(10-4)27(5)6)25-26-23(28)30-16-20(29)24-21-17(8-2)13-12-14-18(21)9-3/h12-14,19H,7-11,15-16H2,1-6H3,(H,24,29)/p+1/t19-/m0/s1. The van der Waals surface area contributed by atoms with E-state index in [1.165, 1.54) is 27.8 Å². The summed E-state index contributed by atoms with van der Waals surface area (Å²) in [6.45, 7) is 9.51. The maximum atomic E-state index is 12.8. The van der Waals surface area contributed by atoms with Crippen molar-refractivity contribution in [1.82, 2.24) is 14.8 Å². The van der Waals surface area contributed by atoms with Crippen molar-refractivity contribution in [2.45, 2.75) is 77.5 Å². The average molecular weight is 433 g/mol. The van der Waals surface area contributed by atoms with Gasteiger partial charge in [-0.25, -0.2) is 0 Å². The number of nitrogens with zero attached hydrogens (tertiary/aromatic N) is 3. The Hall–Kier alpha value is -1.86. The van der Waals surface area contributed by atoms with Crippen molar-refractivity contribution in [3.63, 3.8) is 0 Å². The highest BCUT2D eigenvalue weighted by Gasteiger charge is 2.25. The molecule has 1 amide bonds. The molecule has 6 nitrogen and oxygen atoms in total. The van der Waals surface area contributed by atoms with Crippen LogP contribution in [0.1, 0.15) is 70.0 Å². The number of thioether (sulfide) groups is 1. The fraction of sp³-hybridized carbons (Fsp3) is 0.609. The number of carbonyl (C=O) groups is 1. The Bertz CT molecular complexity index is 796. The predicted octanol–water partition coefficient (Wildman–Crippen LogP) is 3.53. The summed E-state index contributed by atoms with van der Waals surface area (Å²) in [4.78, 5) is 14.1. The molecule has 2 N–H and O–H groups in total. The Morgan fingerprint density at radius 2 is 1.80 bits per heavy atom. The number of rotatable bonds is 12. The van der Waals surface area contributed by atoms with E-state index in [9.17, 15) is 4.79 Å². The highest BCUT2D eigenvalue weighted by Crippen LogP contribution is 2.25. The summed E-state index contributed by atoms with van der Waals surface area (Å²) in [7, 11) is 4.31. The van der Waals surface area contributed by atoms with Crippen LogP contribution in [0.25, 0.3) is 0 Å². The van der Waals surface area contributed by atoms with Crippen LogP contribution < -0.4 is 10.2 Å². The Labute approximate surface area is 185 Å². The van der Waals surface area contributed by atoms with E-state index in [1.54, 1.807) is 0 Å². The molecule has 1 heterocycles. The minimum absolute atomic E-state index is 0.00691. The second-order valence-electron chi connectivity index (χ2n) is 7.88. The number of anilines is 1. The largest absolute Gasteiger partial charge is 0.331 e. The lowest BCUT2D eigenvalue weighted by Gasteiger charge is -2.20. The van der Waals surface area contributed by atoms with Gasteiger partial charge in [0.2, 0.25) is 5.91 Å². The van der Waals surface area contributed by atoms with Crippen LogP contribution in [0.2, 0.25) is 0 Å². The van der Waals surface area contributed by atoms with Crippen LogP contribution >= 0.6 is 11.8 Å². The Morgan fingerprint density at radius 3 is 2.33 bits per heavy atom. The van der Waals surface area contributed by atoms with E-state index < -0.39 is 0 Å². The Balaban J connectivity index is 2.15. The quantitative estimate of drug-likeness (QED) is 0.504. The van der Waals surface area contributed by atoms with Crippen LogP contribution in [0.5, 0.6) is 0 Å². The number of quaternary nitrogens is 1. The molecule has 7 heteroatoms. The van der Waals surface area contributed by atoms with Crippen molar-refractivity contribution in [2.75, 3.05) is 25.2 Å². The third-order valence-corrected chi connectivity index (χ3v) is 6.46. The Morgan fingerprint density at radius 1 is 1.13 bits per heavy atom. The molecule has 30 heavy (non-hydrogen) atoms. The van der Waals surface area contributed by atoms with Crippen LogP contribution in [-0.2, 0) is 24.2 Å². The zero-order valence-corrected chi connectivity index (χ0v) is 20.2. The molecule has 0 fully saturated rings. The average Bonchev–Trinajstić information content (AvgIpc) is 3.13. The fourth-order valence-electron chi connectivity index (χ4n) is 3.75. The van der Waals surface area contributed by atoms with Crippen molar-refractivity contribution >= 4 is 23.4 Å². The van der Waals surface area contributed by atoms with Gasteiger partial charge in [-0.3, -0.25) is 4.79 Å². The zero-order chi connectivity index (χ0) is 22.1. The summed E-state index contributed by atoms with van der Waals surface area (Å²) in [5.74, 6) is 1.36. The van der Waals surface area contributed by atoms with Crippen molar-refractivity contribution in [1.29, 1.82) is 0 Å². The lowest BCUT2D eigenvalue weighted by molar-refractivity contribution is -0.893. The first-order valence-electron chi connectivity index (χ1n) is 11.2. The van der Waals surface area contributed by atoms with E-state index >= 15 is 0 Å². The molecule has 1 aromatic heterocycles. The molecule has 166 valence electrons. The minimum Gasteiger partial charge on any atom is -0.331 e. The molecule has 1 atom stereocenters. The first-order chi connectivity index (χ1) is 14.5. The second-order valence-corrected chi connectivity index (χ2v) is 8.82. The molecule has 0 aliphatic carbocycles. The van der Waals surface area contributed by atoms with Gasteiger partial charge in [0, 0.05) is 18.7 Å². The molecule has 2 aromatic rings. The third kappa shape index (κ3) is 6.08. The zero-order valence-electron chi connectivity index (χ0n) is 19.4. The van der Waals surface area contributed by atoms with E-state index in [0.29, 0.717) is 11.8 Å². The van der Waals surface area contributed by atoms with Gasteiger partial charge in [0.05, 0.1) is 19.8 Å². The second kappa shape index (κ2) is 12.1. The summed E-state index contributed by atoms with van der Waals surface area (Å²) in [5, 5.41) is 13.0. The normalized spacial score (nSPS) is 12.4. The highest BCUT2D eigenvalue weighted by atomic mass is 32.2. The molecule has 0 saturated carbocycles. The lowest BCUT2D eigenvalue weighted by Crippen LogP contribution is -3.06. The molecular weight excluding hydrogens is 394 g/mol. The minimum atomic E-state index is 0.00691. The molecule has 0 spiro atoms. The molecule has 0 aliphatic rings. The van der Waals surface area contributed by atoms with E-state index in [0.717, 1.165) is 55.3 Å². The first kappa shape index (κ1) is 24.4. The van der Waals surface area contributed by atoms with E-state index in [2.05, 4.69) is 80.1 Å². The van der Waals surface area contributed by atoms with Gasteiger partial charge in [-0.1, -0.05) is 64.1 Å². The number of para-hydroxylation sites is 1. The van der Waals surface area contributed by atoms with E-state index in [1.807, 2.05) is 0 Å². The molecule has 1 aromatic carbocycles. The summed E-state index contributed by atoms with van der Waals surface area (Å²) in [5.41, 5.74) is 3.34. The molecular formula is C23H38N5OS+. The maximum absolute atomic E-state index is 12.8. The number of carbonyl (C=O) groups excluding carboxylic acids is 1. The monoisotopic (exact) mass is 432 g/mol. The number of hydrogen-bond donors (Lipinski definition) is 2. The van der Waals surface area contributed by atoms with Crippen LogP contribution in [-0.4, -0.2) is 40.5 Å². The van der Waals surface area contributed by atoms with Crippen LogP contribution in [0.3, 0.4) is 0 Å². The van der Waals surface area contributed by atoms with Crippen molar-refractivity contribution in [3.05, 3.63) is 35.2 Å². The Kier molecular flexibility index (Phi) is 9.85. The number of aryl methyl sites for hydroxylation is 2. The highest BCUT2D eigenvalue weighted by molar-refractivity contribution is 7.99. The van der Waals surface area contributed by atoms with Crippen LogP contribution in [0.4, 0.5) is 5.69 Å². The van der Waals surface area contributed by atoms with Gasteiger partial charge in [-0.05, 0) is 30.4 Å². The maximum Gasteiger partial charge on any atom is 0.234 e. The summed E-state index contributed by atoms with van der Waals surface area (Å²) in [6, 6.07) is 6.55. The van der Waals surface area contributed by atoms with Gasteiger partial charge in [-0.2, -0.15) is 0 Å². The molecule has 0 saturated heterocycles. The van der Waals surface area contributed by atoms with Gasteiger partial charge < -0.3 is 14.8 Å². The summed E-state index contributed by atoms with van der Waals surface area (Å²) >= 11 is 1.48. The van der Waals surface area contributed by atoms with Crippen molar-refractivity contribution < 1.29 is 9.69 Å². The van der Waals surface area contributed by atoms with Gasteiger partial charge >= 0.3 is 0 Å². The summed E-state index contributed by atoms with van der Waals surface area (Å²) in [6.07, 6.45) is 4.99. The predicted molar refractivity (Wildman–Crippen MR) is 125 cm³/mol. The third-order valence-electron chi connectivity index (χ3n) is 5.49. The van der Waals surface area contributed by atoms with Crippen molar-refractivity contribution in [3.8, 4) is 0 Å².